The van der Waals surface area contributed by atoms with Crippen LogP contribution in [-0.4, -0.2) is 64.5 Å². The molecule has 11 heteroatoms. The minimum atomic E-state index is -3.88. The molecule has 9 nitrogen and oxygen atoms in total. The van der Waals surface area contributed by atoms with Crippen molar-refractivity contribution in [2.45, 2.75) is 11.3 Å². The van der Waals surface area contributed by atoms with E-state index >= 15 is 0 Å². The Balaban J connectivity index is 1.48. The first kappa shape index (κ1) is 25.5. The number of carbonyl (C=O) groups excluding carboxylic acids is 1. The zero-order valence-electron chi connectivity index (χ0n) is 19.2. The number of pyridine rings is 1. The molecule has 0 atom stereocenters. The predicted octanol–water partition coefficient (Wildman–Crippen LogP) is 3.14. The molecule has 0 aliphatic carbocycles. The number of likely N-dealkylation sites (N-methyl/N-ethyl adjacent to an activating group) is 1. The maximum atomic E-state index is 12.8. The van der Waals surface area contributed by atoms with E-state index in [0.717, 1.165) is 20.9 Å². The van der Waals surface area contributed by atoms with E-state index in [4.69, 9.17) is 21.1 Å². The van der Waals surface area contributed by atoms with Gasteiger partial charge in [0.1, 0.15) is 0 Å². The van der Waals surface area contributed by atoms with Gasteiger partial charge in [-0.2, -0.15) is 4.31 Å². The largest absolute Gasteiger partial charge is 0.493 e. The molecule has 0 bridgehead atoms. The van der Waals surface area contributed by atoms with E-state index in [1.165, 1.54) is 39.5 Å². The number of hydrogen-bond acceptors (Lipinski definition) is 7. The van der Waals surface area contributed by atoms with Crippen molar-refractivity contribution in [1.82, 2.24) is 14.6 Å². The Kier molecular flexibility index (Phi) is 8.54. The lowest BCUT2D eigenvalue weighted by Crippen LogP contribution is -2.38. The van der Waals surface area contributed by atoms with Gasteiger partial charge in [0.15, 0.2) is 11.5 Å². The molecule has 2 aromatic carbocycles. The van der Waals surface area contributed by atoms with Crippen molar-refractivity contribution in [3.63, 3.8) is 0 Å². The molecule has 1 aromatic heterocycles. The monoisotopic (exact) mass is 506 g/mol. The first-order chi connectivity index (χ1) is 16.3. The normalized spacial score (nSPS) is 11.4. The number of halogens is 1. The summed E-state index contributed by atoms with van der Waals surface area (Å²) in [5.41, 5.74) is 1.72. The van der Waals surface area contributed by atoms with Crippen LogP contribution in [0.25, 0.3) is 10.9 Å². The van der Waals surface area contributed by atoms with Gasteiger partial charge < -0.3 is 20.1 Å². The number of benzene rings is 2. The number of nitrogens with one attached hydrogen (secondary N) is 2. The summed E-state index contributed by atoms with van der Waals surface area (Å²) >= 11 is 6.02. The van der Waals surface area contributed by atoms with Gasteiger partial charge >= 0.3 is 0 Å². The van der Waals surface area contributed by atoms with Crippen LogP contribution in [0.3, 0.4) is 0 Å². The summed E-state index contributed by atoms with van der Waals surface area (Å²) in [5.74, 6) is 0.313. The summed E-state index contributed by atoms with van der Waals surface area (Å²) in [5, 5.41) is 7.65. The molecule has 0 radical (unpaired) electrons. The predicted molar refractivity (Wildman–Crippen MR) is 132 cm³/mol. The molecule has 2 N–H and O–H groups in total. The van der Waals surface area contributed by atoms with E-state index < -0.39 is 15.9 Å². The molecule has 34 heavy (non-hydrogen) atoms. The number of ether oxygens (including phenoxy) is 2. The highest BCUT2D eigenvalue weighted by molar-refractivity contribution is 7.89. The first-order valence-electron chi connectivity index (χ1n) is 10.5. The number of nitrogens with zero attached hydrogens (tertiary/aromatic N) is 2. The molecule has 0 aliphatic heterocycles. The van der Waals surface area contributed by atoms with Gasteiger partial charge in [-0.15, -0.1) is 0 Å². The van der Waals surface area contributed by atoms with Crippen LogP contribution in [0.1, 0.15) is 6.42 Å². The van der Waals surface area contributed by atoms with Crippen LogP contribution in [0.2, 0.25) is 5.02 Å². The molecule has 1 amide bonds. The second kappa shape index (κ2) is 11.4. The Hall–Kier alpha value is -3.08. The van der Waals surface area contributed by atoms with E-state index in [9.17, 15) is 13.2 Å². The highest BCUT2D eigenvalue weighted by Crippen LogP contribution is 2.30. The summed E-state index contributed by atoms with van der Waals surface area (Å²) in [4.78, 5) is 16.6. The number of aromatic nitrogens is 1. The van der Waals surface area contributed by atoms with Crippen LogP contribution >= 0.6 is 11.6 Å². The van der Waals surface area contributed by atoms with Crippen LogP contribution in [0.15, 0.2) is 53.6 Å². The number of sulfonamides is 1. The third-order valence-electron chi connectivity index (χ3n) is 5.13. The lowest BCUT2D eigenvalue weighted by molar-refractivity contribution is -0.121. The molecule has 0 aliphatic rings. The fourth-order valence-corrected chi connectivity index (χ4v) is 4.62. The van der Waals surface area contributed by atoms with Crippen molar-refractivity contribution in [3.8, 4) is 11.5 Å². The summed E-state index contributed by atoms with van der Waals surface area (Å²) in [6.07, 6.45) is 2.35. The third kappa shape index (κ3) is 6.07. The van der Waals surface area contributed by atoms with Crippen molar-refractivity contribution in [2.75, 3.05) is 46.2 Å². The van der Waals surface area contributed by atoms with E-state index in [1.807, 2.05) is 18.2 Å². The van der Waals surface area contributed by atoms with Gasteiger partial charge in [0, 0.05) is 48.5 Å². The Bertz CT molecular complexity index is 1270. The van der Waals surface area contributed by atoms with Gasteiger partial charge in [-0.05, 0) is 42.8 Å². The maximum absolute atomic E-state index is 12.8. The number of methoxy groups -OCH3 is 2. The smallest absolute Gasteiger partial charge is 0.243 e. The van der Waals surface area contributed by atoms with Crippen LogP contribution in [0, 0.1) is 0 Å². The Morgan fingerprint density at radius 2 is 1.82 bits per heavy atom. The van der Waals surface area contributed by atoms with Crippen molar-refractivity contribution in [3.05, 3.63) is 53.7 Å². The second-order valence-electron chi connectivity index (χ2n) is 7.43. The average molecular weight is 507 g/mol. The van der Waals surface area contributed by atoms with E-state index in [2.05, 4.69) is 15.6 Å². The Labute approximate surface area is 204 Å². The molecule has 0 unspecified atom stereocenters. The highest BCUT2D eigenvalue weighted by atomic mass is 35.5. The highest BCUT2D eigenvalue weighted by Gasteiger charge is 2.24. The maximum Gasteiger partial charge on any atom is 0.243 e. The standard InChI is InChI=1S/C23H27ClN4O5S/c1-28(34(30,31)17-6-8-21(32-2)22(14-17)33-3)15-23(29)27-11-4-10-25-19-9-12-26-20-13-16(24)5-7-18(19)20/h5-9,12-14H,4,10-11,15H2,1-3H3,(H,25,26)(H,27,29). The number of rotatable bonds is 11. The van der Waals surface area contributed by atoms with E-state index in [-0.39, 0.29) is 11.4 Å². The minimum Gasteiger partial charge on any atom is -0.493 e. The molecule has 182 valence electrons. The van der Waals surface area contributed by atoms with Gasteiger partial charge in [0.25, 0.3) is 0 Å². The fourth-order valence-electron chi connectivity index (χ4n) is 3.31. The lowest BCUT2D eigenvalue weighted by Gasteiger charge is -2.18. The van der Waals surface area contributed by atoms with Gasteiger partial charge in [0.2, 0.25) is 15.9 Å². The van der Waals surface area contributed by atoms with Crippen LogP contribution < -0.4 is 20.1 Å². The van der Waals surface area contributed by atoms with Crippen molar-refractivity contribution in [1.29, 1.82) is 0 Å². The topological polar surface area (TPSA) is 110 Å². The first-order valence-corrected chi connectivity index (χ1v) is 12.3. The van der Waals surface area contributed by atoms with Crippen LogP contribution in [0.5, 0.6) is 11.5 Å². The Morgan fingerprint density at radius 1 is 1.06 bits per heavy atom. The van der Waals surface area contributed by atoms with Crippen molar-refractivity contribution < 1.29 is 22.7 Å². The van der Waals surface area contributed by atoms with Gasteiger partial charge in [-0.1, -0.05) is 11.6 Å². The summed E-state index contributed by atoms with van der Waals surface area (Å²) < 4.78 is 36.9. The van der Waals surface area contributed by atoms with Crippen molar-refractivity contribution in [2.24, 2.45) is 0 Å². The zero-order valence-corrected chi connectivity index (χ0v) is 20.7. The zero-order chi connectivity index (χ0) is 24.7. The molecular weight excluding hydrogens is 480 g/mol. The second-order valence-corrected chi connectivity index (χ2v) is 9.91. The fraction of sp³-hybridized carbons (Fsp3) is 0.304. The molecule has 1 heterocycles. The van der Waals surface area contributed by atoms with Gasteiger partial charge in [-0.25, -0.2) is 8.42 Å². The number of hydrogen-bond donors (Lipinski definition) is 2. The van der Waals surface area contributed by atoms with Crippen LogP contribution in [-0.2, 0) is 14.8 Å². The Morgan fingerprint density at radius 3 is 2.56 bits per heavy atom. The number of fused-ring (bicyclic) bond motifs is 1. The van der Waals surface area contributed by atoms with E-state index in [0.29, 0.717) is 36.0 Å². The van der Waals surface area contributed by atoms with E-state index in [1.54, 1.807) is 12.3 Å². The third-order valence-corrected chi connectivity index (χ3v) is 7.16. The van der Waals surface area contributed by atoms with Gasteiger partial charge in [0.05, 0.1) is 31.2 Å². The summed E-state index contributed by atoms with van der Waals surface area (Å²) in [6.45, 7) is 0.701. The molecular formula is C23H27ClN4O5S. The molecule has 0 fully saturated rings. The molecule has 0 saturated carbocycles. The summed E-state index contributed by atoms with van der Waals surface area (Å²) in [7, 11) is 0.367. The SMILES string of the molecule is COc1ccc(S(=O)(=O)N(C)CC(=O)NCCCNc2ccnc3cc(Cl)ccc23)cc1OC. The molecule has 3 aromatic rings. The molecule has 3 rings (SSSR count). The number of amides is 1. The van der Waals surface area contributed by atoms with Gasteiger partial charge in [-0.3, -0.25) is 9.78 Å². The van der Waals surface area contributed by atoms with Crippen molar-refractivity contribution >= 4 is 44.1 Å². The molecule has 0 saturated heterocycles. The quantitative estimate of drug-likeness (QED) is 0.384. The average Bonchev–Trinajstić information content (AvgIpc) is 2.83. The summed E-state index contributed by atoms with van der Waals surface area (Å²) in [6, 6.07) is 11.7. The molecule has 0 spiro atoms. The lowest BCUT2D eigenvalue weighted by atomic mass is 10.2. The number of carbonyl (C=O) groups is 1. The number of anilines is 1. The van der Waals surface area contributed by atoms with Crippen LogP contribution in [0.4, 0.5) is 5.69 Å². The minimum absolute atomic E-state index is 0.00974.